The van der Waals surface area contributed by atoms with Gasteiger partial charge in [-0.05, 0) is 0 Å². The summed E-state index contributed by atoms with van der Waals surface area (Å²) in [6.45, 7) is 2.95. The van der Waals surface area contributed by atoms with Crippen LogP contribution < -0.4 is 15.3 Å². The number of ether oxygens (including phenoxy) is 3. The van der Waals surface area contributed by atoms with Crippen LogP contribution in [-0.2, 0) is 45.7 Å². The minimum atomic E-state index is -1.81. The van der Waals surface area contributed by atoms with Crippen LogP contribution in [0.15, 0.2) is 0 Å². The van der Waals surface area contributed by atoms with Crippen molar-refractivity contribution in [3.05, 3.63) is 0 Å². The summed E-state index contributed by atoms with van der Waals surface area (Å²) >= 11 is 0. The quantitative estimate of drug-likeness (QED) is 0.179. The van der Waals surface area contributed by atoms with Crippen molar-refractivity contribution in [3.63, 3.8) is 0 Å². The minimum Gasteiger partial charge on any atom is -0.484 e. The third-order valence-electron chi connectivity index (χ3n) is 0.681. The summed E-state index contributed by atoms with van der Waals surface area (Å²) in [6, 6.07) is 0. The van der Waals surface area contributed by atoms with E-state index in [9.17, 15) is 44.1 Å². The topological polar surface area (TPSA) is 199 Å². The summed E-state index contributed by atoms with van der Waals surface area (Å²) in [5.74, 6) is -2.62. The van der Waals surface area contributed by atoms with Gasteiger partial charge in [-0.3, -0.25) is 14.4 Å². The molecule has 0 aromatic rings. The van der Waals surface area contributed by atoms with Gasteiger partial charge in [-0.2, -0.15) is 0 Å². The van der Waals surface area contributed by atoms with Gasteiger partial charge in [0.15, 0.2) is 0 Å². The number of carbonyl (C=O) groups excluding carboxylic acids is 6. The molecule has 0 aliphatic rings. The van der Waals surface area contributed by atoms with Crippen LogP contribution in [0.4, 0.5) is 14.4 Å². The van der Waals surface area contributed by atoms with Crippen LogP contribution in [-0.4, -0.2) is 36.4 Å². The van der Waals surface area contributed by atoms with Gasteiger partial charge in [0.1, 0.15) is 0 Å². The van der Waals surface area contributed by atoms with E-state index in [0.717, 1.165) is 20.8 Å². The van der Waals surface area contributed by atoms with Crippen molar-refractivity contribution in [1.29, 1.82) is 0 Å². The van der Waals surface area contributed by atoms with Crippen molar-refractivity contribution in [2.75, 3.05) is 0 Å². The molecule has 22 heavy (non-hydrogen) atoms. The molecule has 0 rings (SSSR count). The Kier molecular flexibility index (Phi) is 20.6. The first kappa shape index (κ1) is 27.6. The van der Waals surface area contributed by atoms with Gasteiger partial charge in [-0.25, -0.2) is 0 Å². The molecular formula is C9H9MnO12. The summed E-state index contributed by atoms with van der Waals surface area (Å²) < 4.78 is 10.2. The summed E-state index contributed by atoms with van der Waals surface area (Å²) in [4.78, 5) is 56.6. The van der Waals surface area contributed by atoms with E-state index in [0.29, 0.717) is 0 Å². The van der Waals surface area contributed by atoms with E-state index in [1.807, 2.05) is 0 Å². The molecular weight excluding hydrogens is 355 g/mol. The van der Waals surface area contributed by atoms with Gasteiger partial charge in [0, 0.05) is 20.8 Å². The third kappa shape index (κ3) is 53.1. The minimum absolute atomic E-state index is 0. The number of carboxylic acid groups (broad SMARTS) is 3. The zero-order valence-corrected chi connectivity index (χ0v) is 12.5. The maximum Gasteiger partial charge on any atom is 3.00 e. The molecule has 13 heteroatoms. The zero-order chi connectivity index (χ0) is 17.6. The smallest absolute Gasteiger partial charge is 0.484 e. The number of hydrogen-bond acceptors (Lipinski definition) is 12. The molecule has 0 aromatic carbocycles. The van der Waals surface area contributed by atoms with Gasteiger partial charge in [0.25, 0.3) is 18.5 Å². The van der Waals surface area contributed by atoms with Gasteiger partial charge in [-0.15, -0.1) is 0 Å². The SMILES string of the molecule is CC(=O)OC(=O)[O-].CC(=O)OC(=O)[O-].CC(=O)OC(=O)[O-].[Mn+3]. The van der Waals surface area contributed by atoms with Gasteiger partial charge < -0.3 is 43.9 Å². The predicted octanol–water partition coefficient (Wildman–Crippen LogP) is -3.32. The maximum atomic E-state index is 9.61. The number of rotatable bonds is 0. The molecule has 0 aromatic heterocycles. The second kappa shape index (κ2) is 16.4. The van der Waals surface area contributed by atoms with Gasteiger partial charge in [0.05, 0.1) is 0 Å². The second-order valence-corrected chi connectivity index (χ2v) is 2.53. The Labute approximate surface area is 133 Å². The summed E-state index contributed by atoms with van der Waals surface area (Å²) in [6.07, 6.45) is -5.44. The van der Waals surface area contributed by atoms with Crippen molar-refractivity contribution in [2.24, 2.45) is 0 Å². The fourth-order valence-corrected chi connectivity index (χ4v) is 0.352. The standard InChI is InChI=1S/3C3H4O4.Mn/c3*1-2(4)7-3(5)6;/h3*1H3,(H,5,6);/q;;;+3/p-3. The van der Waals surface area contributed by atoms with Crippen LogP contribution in [0.1, 0.15) is 20.8 Å². The van der Waals surface area contributed by atoms with Crippen LogP contribution in [0.2, 0.25) is 0 Å². The van der Waals surface area contributed by atoms with E-state index >= 15 is 0 Å². The third-order valence-corrected chi connectivity index (χ3v) is 0.681. The Morgan fingerprint density at radius 3 is 0.682 bits per heavy atom. The van der Waals surface area contributed by atoms with E-state index in [-0.39, 0.29) is 17.1 Å². The molecule has 0 saturated carbocycles. The maximum absolute atomic E-state index is 9.61. The van der Waals surface area contributed by atoms with Crippen LogP contribution in [0.25, 0.3) is 0 Å². The predicted molar refractivity (Wildman–Crippen MR) is 51.5 cm³/mol. The Balaban J connectivity index is -0.000000108. The normalized spacial score (nSPS) is 7.23. The first-order chi connectivity index (χ1) is 9.38. The van der Waals surface area contributed by atoms with E-state index in [2.05, 4.69) is 14.2 Å². The van der Waals surface area contributed by atoms with E-state index in [1.165, 1.54) is 0 Å². The van der Waals surface area contributed by atoms with Crippen molar-refractivity contribution >= 4 is 36.4 Å². The Bertz CT molecular complexity index is 317. The molecule has 0 spiro atoms. The molecule has 0 amide bonds. The van der Waals surface area contributed by atoms with Crippen molar-refractivity contribution in [2.45, 2.75) is 20.8 Å². The first-order valence-corrected chi connectivity index (χ1v) is 4.56. The molecule has 0 heterocycles. The largest absolute Gasteiger partial charge is 3.00 e. The van der Waals surface area contributed by atoms with E-state index in [1.54, 1.807) is 0 Å². The molecule has 0 bridgehead atoms. The fourth-order valence-electron chi connectivity index (χ4n) is 0.352. The number of carbonyl (C=O) groups is 6. The van der Waals surface area contributed by atoms with Crippen molar-refractivity contribution < 1.29 is 75.4 Å². The van der Waals surface area contributed by atoms with Crippen LogP contribution in [0.3, 0.4) is 0 Å². The summed E-state index contributed by atoms with van der Waals surface area (Å²) in [7, 11) is 0. The molecule has 0 aliphatic carbocycles. The molecule has 0 saturated heterocycles. The molecule has 0 N–H and O–H groups in total. The van der Waals surface area contributed by atoms with Crippen molar-refractivity contribution in [3.8, 4) is 0 Å². The Hall–Kier alpha value is -2.66. The Morgan fingerprint density at radius 1 is 0.545 bits per heavy atom. The molecule has 0 fully saturated rings. The molecule has 0 atom stereocenters. The molecule has 124 valence electrons. The van der Waals surface area contributed by atoms with Crippen LogP contribution in [0, 0.1) is 0 Å². The number of hydrogen-bond donors (Lipinski definition) is 0. The van der Waals surface area contributed by atoms with Gasteiger partial charge >= 0.3 is 17.1 Å². The molecule has 0 aliphatic heterocycles. The molecule has 0 radical (unpaired) electrons. The fraction of sp³-hybridized carbons (Fsp3) is 0.333. The average Bonchev–Trinajstić information content (AvgIpc) is 2.10. The summed E-state index contributed by atoms with van der Waals surface area (Å²) in [5.41, 5.74) is 0. The Morgan fingerprint density at radius 2 is 0.682 bits per heavy atom. The number of esters is 3. The van der Waals surface area contributed by atoms with Gasteiger partial charge in [0.2, 0.25) is 17.9 Å². The van der Waals surface area contributed by atoms with E-state index in [4.69, 9.17) is 0 Å². The zero-order valence-electron chi connectivity index (χ0n) is 11.3. The summed E-state index contributed by atoms with van der Waals surface area (Å²) in [5, 5.41) is 27.8. The monoisotopic (exact) mass is 364 g/mol. The second-order valence-electron chi connectivity index (χ2n) is 2.53. The van der Waals surface area contributed by atoms with E-state index < -0.39 is 36.4 Å². The van der Waals surface area contributed by atoms with Crippen LogP contribution >= 0.6 is 0 Å². The molecule has 12 nitrogen and oxygen atoms in total. The van der Waals surface area contributed by atoms with Crippen LogP contribution in [0.5, 0.6) is 0 Å². The average molecular weight is 364 g/mol. The van der Waals surface area contributed by atoms with Gasteiger partial charge in [-0.1, -0.05) is 0 Å². The van der Waals surface area contributed by atoms with Crippen molar-refractivity contribution in [1.82, 2.24) is 0 Å². The molecule has 0 unspecified atom stereocenters. The first-order valence-electron chi connectivity index (χ1n) is 4.56.